The third kappa shape index (κ3) is 1.21. The Morgan fingerprint density at radius 2 is 1.70 bits per heavy atom. The van der Waals surface area contributed by atoms with Gasteiger partial charge in [0.05, 0.1) is 0 Å². The first-order chi connectivity index (χ1) is 4.46. The van der Waals surface area contributed by atoms with Crippen LogP contribution in [0.2, 0.25) is 0 Å². The van der Waals surface area contributed by atoms with Crippen LogP contribution in [-0.2, 0) is 0 Å². The highest BCUT2D eigenvalue weighted by Gasteiger charge is 2.40. The smallest absolute Gasteiger partial charge is 0.0432 e. The zero-order valence-electron chi connectivity index (χ0n) is 7.86. The summed E-state index contributed by atoms with van der Waals surface area (Å²) in [5, 5.41) is 0. The van der Waals surface area contributed by atoms with Crippen molar-refractivity contribution in [1.29, 1.82) is 0 Å². The van der Waals surface area contributed by atoms with E-state index in [4.69, 9.17) is 0 Å². The standard InChI is InChI=1S/C10H19/c1-7(2)10(4,5)9-6-8(9)3/h8-9H,6H2,1-5H3/q-1. The van der Waals surface area contributed by atoms with Crippen molar-refractivity contribution in [2.75, 3.05) is 0 Å². The van der Waals surface area contributed by atoms with Crippen molar-refractivity contribution in [3.63, 3.8) is 0 Å². The van der Waals surface area contributed by atoms with Crippen molar-refractivity contribution in [2.45, 2.75) is 41.0 Å². The average Bonchev–Trinajstić information content (AvgIpc) is 2.46. The zero-order chi connectivity index (χ0) is 7.94. The molecule has 2 atom stereocenters. The largest absolute Gasteiger partial charge is 0.314 e. The van der Waals surface area contributed by atoms with Crippen molar-refractivity contribution in [3.8, 4) is 0 Å². The number of rotatable bonds is 2. The molecule has 0 heteroatoms. The summed E-state index contributed by atoms with van der Waals surface area (Å²) in [5.41, 5.74) is 0.499. The van der Waals surface area contributed by atoms with Crippen LogP contribution in [0.3, 0.4) is 0 Å². The zero-order valence-corrected chi connectivity index (χ0v) is 7.86. The molecule has 0 aromatic rings. The van der Waals surface area contributed by atoms with Crippen molar-refractivity contribution in [2.24, 2.45) is 17.3 Å². The average molecular weight is 139 g/mol. The highest BCUT2D eigenvalue weighted by molar-refractivity contribution is 5.06. The van der Waals surface area contributed by atoms with Crippen LogP contribution in [-0.4, -0.2) is 0 Å². The van der Waals surface area contributed by atoms with Crippen molar-refractivity contribution in [3.05, 3.63) is 5.92 Å². The molecule has 1 rings (SSSR count). The maximum atomic E-state index is 2.37. The van der Waals surface area contributed by atoms with Gasteiger partial charge >= 0.3 is 0 Å². The Morgan fingerprint density at radius 3 is 1.80 bits per heavy atom. The van der Waals surface area contributed by atoms with E-state index in [1.54, 1.807) is 5.92 Å². The lowest BCUT2D eigenvalue weighted by Crippen LogP contribution is -2.20. The molecule has 2 unspecified atom stereocenters. The molecule has 1 aliphatic carbocycles. The highest BCUT2D eigenvalue weighted by atomic mass is 14.5. The quantitative estimate of drug-likeness (QED) is 0.515. The molecule has 0 aliphatic heterocycles. The Bertz CT molecular complexity index is 122. The van der Waals surface area contributed by atoms with Gasteiger partial charge in [-0.15, -0.1) is 0 Å². The minimum absolute atomic E-state index is 0.499. The molecule has 0 amide bonds. The van der Waals surface area contributed by atoms with Crippen molar-refractivity contribution < 1.29 is 0 Å². The van der Waals surface area contributed by atoms with Crippen LogP contribution in [0, 0.1) is 23.2 Å². The van der Waals surface area contributed by atoms with E-state index in [-0.39, 0.29) is 0 Å². The van der Waals surface area contributed by atoms with Crippen LogP contribution in [0.5, 0.6) is 0 Å². The normalized spacial score (nSPS) is 33.0. The van der Waals surface area contributed by atoms with E-state index < -0.39 is 0 Å². The maximum absolute atomic E-state index is 2.37. The monoisotopic (exact) mass is 139 g/mol. The molecule has 0 aromatic carbocycles. The maximum Gasteiger partial charge on any atom is -0.0432 e. The first kappa shape index (κ1) is 8.10. The Balaban J connectivity index is 2.52. The molecule has 0 N–H and O–H groups in total. The number of hydrogen-bond donors (Lipinski definition) is 0. The molecule has 0 saturated heterocycles. The fourth-order valence-corrected chi connectivity index (χ4v) is 1.70. The molecule has 0 radical (unpaired) electrons. The predicted octanol–water partition coefficient (Wildman–Crippen LogP) is 3.28. The summed E-state index contributed by atoms with van der Waals surface area (Å²) in [6.07, 6.45) is 1.44. The second kappa shape index (κ2) is 2.25. The van der Waals surface area contributed by atoms with Crippen LogP contribution in [0.1, 0.15) is 41.0 Å². The van der Waals surface area contributed by atoms with Gasteiger partial charge in [-0.1, -0.05) is 26.7 Å². The molecule has 1 aliphatic rings. The summed E-state index contributed by atoms with van der Waals surface area (Å²) in [4.78, 5) is 0. The van der Waals surface area contributed by atoms with Crippen molar-refractivity contribution in [1.82, 2.24) is 0 Å². The molecule has 0 spiro atoms. The van der Waals surface area contributed by atoms with Gasteiger partial charge in [-0.05, 0) is 12.3 Å². The Morgan fingerprint density at radius 1 is 1.30 bits per heavy atom. The lowest BCUT2D eigenvalue weighted by Gasteiger charge is -2.42. The van der Waals surface area contributed by atoms with Crippen LogP contribution >= 0.6 is 0 Å². The Kier molecular flexibility index (Phi) is 1.82. The Hall–Kier alpha value is 0. The van der Waals surface area contributed by atoms with E-state index in [0.29, 0.717) is 5.41 Å². The van der Waals surface area contributed by atoms with E-state index in [9.17, 15) is 0 Å². The van der Waals surface area contributed by atoms with Crippen molar-refractivity contribution >= 4 is 0 Å². The van der Waals surface area contributed by atoms with E-state index >= 15 is 0 Å². The predicted molar refractivity (Wildman–Crippen MR) is 45.6 cm³/mol. The summed E-state index contributed by atoms with van der Waals surface area (Å²) in [6.45, 7) is 11.6. The first-order valence-electron chi connectivity index (χ1n) is 4.27. The number of hydrogen-bond acceptors (Lipinski definition) is 0. The second-order valence-electron chi connectivity index (χ2n) is 4.54. The molecule has 0 aromatic heterocycles. The lowest BCUT2D eigenvalue weighted by molar-refractivity contribution is 0.317. The van der Waals surface area contributed by atoms with Crippen LogP contribution < -0.4 is 0 Å². The first-order valence-corrected chi connectivity index (χ1v) is 4.27. The third-order valence-electron chi connectivity index (χ3n) is 3.33. The fraction of sp³-hybridized carbons (Fsp3) is 0.900. The van der Waals surface area contributed by atoms with Crippen LogP contribution in [0.15, 0.2) is 0 Å². The molecule has 1 saturated carbocycles. The van der Waals surface area contributed by atoms with Crippen LogP contribution in [0.25, 0.3) is 0 Å². The van der Waals surface area contributed by atoms with E-state index in [0.717, 1.165) is 11.8 Å². The highest BCUT2D eigenvalue weighted by Crippen LogP contribution is 2.54. The fourth-order valence-electron chi connectivity index (χ4n) is 1.70. The summed E-state index contributed by atoms with van der Waals surface area (Å²) >= 11 is 0. The van der Waals surface area contributed by atoms with Gasteiger partial charge in [0, 0.05) is 0 Å². The van der Waals surface area contributed by atoms with Gasteiger partial charge in [0.2, 0.25) is 0 Å². The molecule has 0 bridgehead atoms. The van der Waals surface area contributed by atoms with Gasteiger partial charge in [0.25, 0.3) is 0 Å². The summed E-state index contributed by atoms with van der Waals surface area (Å²) < 4.78 is 0. The third-order valence-corrected chi connectivity index (χ3v) is 3.33. The summed E-state index contributed by atoms with van der Waals surface area (Å²) in [7, 11) is 0. The van der Waals surface area contributed by atoms with Gasteiger partial charge in [-0.3, -0.25) is 0 Å². The van der Waals surface area contributed by atoms with E-state index in [2.05, 4.69) is 34.6 Å². The van der Waals surface area contributed by atoms with E-state index in [1.165, 1.54) is 6.42 Å². The molecule has 60 valence electrons. The molecule has 10 heavy (non-hydrogen) atoms. The van der Waals surface area contributed by atoms with Gasteiger partial charge in [0.15, 0.2) is 0 Å². The molecule has 1 fully saturated rings. The minimum atomic E-state index is 0.499. The molecular formula is C10H19-. The summed E-state index contributed by atoms with van der Waals surface area (Å²) in [6, 6.07) is 0. The lowest BCUT2D eigenvalue weighted by atomic mass is 9.76. The van der Waals surface area contributed by atoms with Gasteiger partial charge < -0.3 is 5.92 Å². The van der Waals surface area contributed by atoms with Gasteiger partial charge in [-0.2, -0.15) is 19.3 Å². The SMILES string of the molecule is C[C-](C)C(C)(C)C1CC1C. The summed E-state index contributed by atoms with van der Waals surface area (Å²) in [5.74, 6) is 3.53. The second-order valence-corrected chi connectivity index (χ2v) is 4.54. The molecule has 0 nitrogen and oxygen atoms in total. The van der Waals surface area contributed by atoms with Gasteiger partial charge in [-0.25, -0.2) is 0 Å². The van der Waals surface area contributed by atoms with Crippen LogP contribution in [0.4, 0.5) is 0 Å². The molecular weight excluding hydrogens is 120 g/mol. The minimum Gasteiger partial charge on any atom is -0.314 e. The van der Waals surface area contributed by atoms with Gasteiger partial charge in [0.1, 0.15) is 0 Å². The van der Waals surface area contributed by atoms with E-state index in [1.807, 2.05) is 0 Å². The molecule has 0 heterocycles. The topological polar surface area (TPSA) is 0 Å². The Labute approximate surface area is 65.0 Å².